The third-order valence-electron chi connectivity index (χ3n) is 4.68. The minimum absolute atomic E-state index is 0.0413. The van der Waals surface area contributed by atoms with Gasteiger partial charge >= 0.3 is 0 Å². The van der Waals surface area contributed by atoms with Crippen LogP contribution in [0.5, 0.6) is 5.75 Å². The predicted octanol–water partition coefficient (Wildman–Crippen LogP) is 2.83. The van der Waals surface area contributed by atoms with Crippen LogP contribution < -0.4 is 5.32 Å². The zero-order valence-corrected chi connectivity index (χ0v) is 13.2. The molecule has 1 aromatic carbocycles. The molecule has 1 aliphatic rings. The first-order valence-electron chi connectivity index (χ1n) is 7.89. The van der Waals surface area contributed by atoms with E-state index in [2.05, 4.69) is 12.2 Å². The van der Waals surface area contributed by atoms with Crippen LogP contribution in [0.25, 0.3) is 0 Å². The van der Waals surface area contributed by atoms with Crippen molar-refractivity contribution >= 4 is 5.91 Å². The molecule has 4 nitrogen and oxygen atoms in total. The van der Waals surface area contributed by atoms with Crippen molar-refractivity contribution in [2.24, 2.45) is 0 Å². The average molecular weight is 290 g/mol. The highest BCUT2D eigenvalue weighted by Crippen LogP contribution is 2.30. The normalized spacial score (nSPS) is 23.0. The van der Waals surface area contributed by atoms with Gasteiger partial charge < -0.3 is 15.3 Å². The number of carbonyl (C=O) groups excluding carboxylic acids is 1. The Morgan fingerprint density at radius 3 is 2.76 bits per heavy atom. The molecule has 0 bridgehead atoms. The van der Waals surface area contributed by atoms with E-state index in [9.17, 15) is 9.90 Å². The van der Waals surface area contributed by atoms with Crippen molar-refractivity contribution in [3.8, 4) is 5.75 Å². The molecule has 1 aromatic rings. The molecule has 0 saturated carbocycles. The summed E-state index contributed by atoms with van der Waals surface area (Å²) in [5.74, 6) is 0.424. The number of phenols is 1. The molecule has 2 N–H and O–H groups in total. The monoisotopic (exact) mass is 290 g/mol. The Labute approximate surface area is 127 Å². The number of aromatic hydroxyl groups is 1. The summed E-state index contributed by atoms with van der Waals surface area (Å²) in [5.41, 5.74) is 0.565. The lowest BCUT2D eigenvalue weighted by atomic mass is 9.91. The molecule has 2 unspecified atom stereocenters. The molecule has 2 rings (SSSR count). The van der Waals surface area contributed by atoms with Gasteiger partial charge in [0.05, 0.1) is 11.6 Å². The van der Waals surface area contributed by atoms with Gasteiger partial charge in [0.25, 0.3) is 0 Å². The molecular formula is C17H26N2O2. The highest BCUT2D eigenvalue weighted by atomic mass is 16.3. The van der Waals surface area contributed by atoms with Crippen molar-refractivity contribution < 1.29 is 9.90 Å². The Bertz CT molecular complexity index is 495. The van der Waals surface area contributed by atoms with Crippen LogP contribution in [0.15, 0.2) is 24.3 Å². The summed E-state index contributed by atoms with van der Waals surface area (Å²) in [6, 6.07) is 7.13. The van der Waals surface area contributed by atoms with Crippen LogP contribution >= 0.6 is 0 Å². The maximum absolute atomic E-state index is 13.0. The number of hydrogen-bond donors (Lipinski definition) is 2. The number of phenolic OH excluding ortho intramolecular Hbond substituents is 1. The van der Waals surface area contributed by atoms with Crippen molar-refractivity contribution in [3.05, 3.63) is 29.8 Å². The van der Waals surface area contributed by atoms with Crippen LogP contribution in [0.3, 0.4) is 0 Å². The van der Waals surface area contributed by atoms with E-state index in [0.29, 0.717) is 6.54 Å². The largest absolute Gasteiger partial charge is 0.508 e. The Morgan fingerprint density at radius 2 is 2.24 bits per heavy atom. The molecule has 1 amide bonds. The fourth-order valence-corrected chi connectivity index (χ4v) is 3.27. The second-order valence-electron chi connectivity index (χ2n) is 5.83. The van der Waals surface area contributed by atoms with Crippen LogP contribution in [0, 0.1) is 0 Å². The van der Waals surface area contributed by atoms with Crippen molar-refractivity contribution in [2.75, 3.05) is 13.1 Å². The summed E-state index contributed by atoms with van der Waals surface area (Å²) in [6.45, 7) is 7.68. The van der Waals surface area contributed by atoms with Gasteiger partial charge in [0.1, 0.15) is 5.75 Å². The number of hydrogen-bond acceptors (Lipinski definition) is 3. The summed E-state index contributed by atoms with van der Waals surface area (Å²) in [7, 11) is 0. The third-order valence-corrected chi connectivity index (χ3v) is 4.68. The maximum Gasteiger partial charge on any atom is 0.243 e. The highest BCUT2D eigenvalue weighted by Gasteiger charge is 2.42. The number of nitrogens with one attached hydrogen (secondary N) is 1. The van der Waals surface area contributed by atoms with Crippen LogP contribution in [-0.2, 0) is 4.79 Å². The van der Waals surface area contributed by atoms with Gasteiger partial charge in [-0.3, -0.25) is 4.79 Å². The maximum atomic E-state index is 13.0. The zero-order valence-electron chi connectivity index (χ0n) is 13.2. The van der Waals surface area contributed by atoms with E-state index >= 15 is 0 Å². The molecule has 21 heavy (non-hydrogen) atoms. The highest BCUT2D eigenvalue weighted by molar-refractivity contribution is 5.87. The van der Waals surface area contributed by atoms with Crippen LogP contribution in [0.1, 0.15) is 51.6 Å². The van der Waals surface area contributed by atoms with Crippen molar-refractivity contribution in [1.82, 2.24) is 10.2 Å². The van der Waals surface area contributed by atoms with E-state index in [1.54, 1.807) is 12.1 Å². The van der Waals surface area contributed by atoms with E-state index in [-0.39, 0.29) is 17.7 Å². The van der Waals surface area contributed by atoms with Gasteiger partial charge in [0, 0.05) is 6.54 Å². The second-order valence-corrected chi connectivity index (χ2v) is 5.83. The SMILES string of the molecule is CCN(C(=O)C1(CC)CCCN1)C(C)c1cccc(O)c1. The molecular weight excluding hydrogens is 264 g/mol. The molecule has 1 saturated heterocycles. The van der Waals surface area contributed by atoms with Gasteiger partial charge in [-0.1, -0.05) is 19.1 Å². The van der Waals surface area contributed by atoms with Gasteiger partial charge in [-0.15, -0.1) is 0 Å². The van der Waals surface area contributed by atoms with Crippen LogP contribution in [0.2, 0.25) is 0 Å². The van der Waals surface area contributed by atoms with E-state index in [1.807, 2.05) is 30.9 Å². The molecule has 0 spiro atoms. The standard InChI is InChI=1S/C17H26N2O2/c1-4-17(10-7-11-18-17)16(21)19(5-2)13(3)14-8-6-9-15(20)12-14/h6,8-9,12-13,18,20H,4-5,7,10-11H2,1-3H3. The third kappa shape index (κ3) is 3.05. The fourth-order valence-electron chi connectivity index (χ4n) is 3.27. The van der Waals surface area contributed by atoms with E-state index in [4.69, 9.17) is 0 Å². The Hall–Kier alpha value is -1.55. The summed E-state index contributed by atoms with van der Waals surface area (Å²) in [6.07, 6.45) is 2.78. The van der Waals surface area contributed by atoms with Gasteiger partial charge in [-0.05, 0) is 57.4 Å². The number of carbonyl (C=O) groups is 1. The first-order chi connectivity index (χ1) is 10.0. The van der Waals surface area contributed by atoms with E-state index < -0.39 is 5.54 Å². The summed E-state index contributed by atoms with van der Waals surface area (Å²) >= 11 is 0. The quantitative estimate of drug-likeness (QED) is 0.876. The molecule has 0 aliphatic carbocycles. The van der Waals surface area contributed by atoms with Gasteiger partial charge in [0.2, 0.25) is 5.91 Å². The Balaban J connectivity index is 2.24. The fraction of sp³-hybridized carbons (Fsp3) is 0.588. The van der Waals surface area contributed by atoms with Gasteiger partial charge in [0.15, 0.2) is 0 Å². The molecule has 116 valence electrons. The van der Waals surface area contributed by atoms with E-state index in [0.717, 1.165) is 31.4 Å². The Kier molecular flexibility index (Phi) is 4.88. The first kappa shape index (κ1) is 15.8. The van der Waals surface area contributed by atoms with Crippen molar-refractivity contribution in [2.45, 2.75) is 51.6 Å². The number of likely N-dealkylation sites (N-methyl/N-ethyl adjacent to an activating group) is 1. The van der Waals surface area contributed by atoms with E-state index in [1.165, 1.54) is 0 Å². The second kappa shape index (κ2) is 6.48. The summed E-state index contributed by atoms with van der Waals surface area (Å²) < 4.78 is 0. The number of rotatable bonds is 5. The number of amides is 1. The molecule has 1 aliphatic heterocycles. The smallest absolute Gasteiger partial charge is 0.243 e. The first-order valence-corrected chi connectivity index (χ1v) is 7.89. The minimum Gasteiger partial charge on any atom is -0.508 e. The molecule has 0 aromatic heterocycles. The number of benzene rings is 1. The average Bonchev–Trinajstić information content (AvgIpc) is 2.98. The molecule has 2 atom stereocenters. The van der Waals surface area contributed by atoms with Crippen molar-refractivity contribution in [1.29, 1.82) is 0 Å². The molecule has 1 heterocycles. The van der Waals surface area contributed by atoms with Crippen LogP contribution in [0.4, 0.5) is 0 Å². The minimum atomic E-state index is -0.402. The van der Waals surface area contributed by atoms with Crippen molar-refractivity contribution in [3.63, 3.8) is 0 Å². The topological polar surface area (TPSA) is 52.6 Å². The summed E-state index contributed by atoms with van der Waals surface area (Å²) in [4.78, 5) is 14.9. The lowest BCUT2D eigenvalue weighted by Crippen LogP contribution is -2.55. The predicted molar refractivity (Wildman–Crippen MR) is 84.2 cm³/mol. The lowest BCUT2D eigenvalue weighted by Gasteiger charge is -2.37. The number of nitrogens with zero attached hydrogens (tertiary/aromatic N) is 1. The van der Waals surface area contributed by atoms with Gasteiger partial charge in [-0.2, -0.15) is 0 Å². The molecule has 1 fully saturated rings. The molecule has 0 radical (unpaired) electrons. The summed E-state index contributed by atoms with van der Waals surface area (Å²) in [5, 5.41) is 13.1. The lowest BCUT2D eigenvalue weighted by molar-refractivity contribution is -0.140. The van der Waals surface area contributed by atoms with Gasteiger partial charge in [-0.25, -0.2) is 0 Å². The zero-order chi connectivity index (χ0) is 15.5. The Morgan fingerprint density at radius 1 is 1.48 bits per heavy atom. The van der Waals surface area contributed by atoms with Crippen LogP contribution in [-0.4, -0.2) is 34.5 Å². The molecule has 4 heteroatoms.